The molecule has 1 unspecified atom stereocenters. The summed E-state index contributed by atoms with van der Waals surface area (Å²) in [5.41, 5.74) is -2.14. The van der Waals surface area contributed by atoms with Crippen molar-refractivity contribution in [2.45, 2.75) is 31.0 Å². The Hall–Kier alpha value is -3.51. The first-order valence-corrected chi connectivity index (χ1v) is 11.4. The van der Waals surface area contributed by atoms with Crippen LogP contribution in [0.3, 0.4) is 0 Å². The molecule has 0 fully saturated rings. The van der Waals surface area contributed by atoms with Crippen molar-refractivity contribution in [3.8, 4) is 5.69 Å². The molecule has 0 aliphatic heterocycles. The number of amides is 1. The molecule has 1 atom stereocenters. The van der Waals surface area contributed by atoms with Crippen LogP contribution in [0.15, 0.2) is 64.3 Å². The zero-order chi connectivity index (χ0) is 25.4. The molecule has 2 N–H and O–H groups in total. The van der Waals surface area contributed by atoms with Crippen molar-refractivity contribution in [3.05, 3.63) is 87.3 Å². The SMILES string of the molecule is Cc1cc(=O)c(C(=O)N(C)C(C)c2cccc(S(N)(=O)=O)c2)nn1-c1ccccc1C(F)(F)F. The lowest BCUT2D eigenvalue weighted by molar-refractivity contribution is -0.137. The van der Waals surface area contributed by atoms with E-state index in [1.54, 1.807) is 13.0 Å². The zero-order valence-corrected chi connectivity index (χ0v) is 19.2. The average Bonchev–Trinajstić information content (AvgIpc) is 2.76. The number of carbonyl (C=O) groups excluding carboxylic acids is 1. The predicted octanol–water partition coefficient (Wildman–Crippen LogP) is 3.04. The van der Waals surface area contributed by atoms with Gasteiger partial charge in [-0.05, 0) is 43.7 Å². The highest BCUT2D eigenvalue weighted by Gasteiger charge is 2.34. The van der Waals surface area contributed by atoms with Gasteiger partial charge in [-0.15, -0.1) is 0 Å². The van der Waals surface area contributed by atoms with E-state index in [9.17, 15) is 31.2 Å². The fourth-order valence-corrected chi connectivity index (χ4v) is 3.92. The van der Waals surface area contributed by atoms with Crippen molar-refractivity contribution >= 4 is 15.9 Å². The topological polar surface area (TPSA) is 115 Å². The number of benzene rings is 2. The Balaban J connectivity index is 2.05. The number of nitrogens with two attached hydrogens (primary N) is 1. The van der Waals surface area contributed by atoms with E-state index in [4.69, 9.17) is 5.14 Å². The number of primary sulfonamides is 1. The Morgan fingerprint density at radius 2 is 1.76 bits per heavy atom. The lowest BCUT2D eigenvalue weighted by atomic mass is 10.1. The van der Waals surface area contributed by atoms with Crippen LogP contribution in [0.25, 0.3) is 5.69 Å². The lowest BCUT2D eigenvalue weighted by Gasteiger charge is -2.25. The fraction of sp³-hybridized carbons (Fsp3) is 0.227. The Morgan fingerprint density at radius 1 is 1.12 bits per heavy atom. The monoisotopic (exact) mass is 494 g/mol. The lowest BCUT2D eigenvalue weighted by Crippen LogP contribution is -2.35. The highest BCUT2D eigenvalue weighted by Crippen LogP contribution is 2.33. The fourth-order valence-electron chi connectivity index (χ4n) is 3.36. The summed E-state index contributed by atoms with van der Waals surface area (Å²) in [6.07, 6.45) is -4.68. The molecule has 1 aromatic heterocycles. The summed E-state index contributed by atoms with van der Waals surface area (Å²) in [7, 11) is -2.62. The third-order valence-electron chi connectivity index (χ3n) is 5.32. The van der Waals surface area contributed by atoms with Crippen LogP contribution in [0.5, 0.6) is 0 Å². The second-order valence-electron chi connectivity index (χ2n) is 7.63. The highest BCUT2D eigenvalue weighted by molar-refractivity contribution is 7.89. The van der Waals surface area contributed by atoms with E-state index in [1.165, 1.54) is 50.4 Å². The summed E-state index contributed by atoms with van der Waals surface area (Å²) in [6.45, 7) is 2.99. The maximum atomic E-state index is 13.5. The number of aryl methyl sites for hydroxylation is 1. The zero-order valence-electron chi connectivity index (χ0n) is 18.4. The number of hydrogen-bond acceptors (Lipinski definition) is 5. The van der Waals surface area contributed by atoms with Crippen molar-refractivity contribution in [2.24, 2.45) is 5.14 Å². The van der Waals surface area contributed by atoms with Gasteiger partial charge in [-0.3, -0.25) is 9.59 Å². The van der Waals surface area contributed by atoms with Gasteiger partial charge in [-0.2, -0.15) is 18.3 Å². The Labute approximate surface area is 193 Å². The number of sulfonamides is 1. The van der Waals surface area contributed by atoms with Gasteiger partial charge in [-0.1, -0.05) is 24.3 Å². The van der Waals surface area contributed by atoms with Crippen molar-refractivity contribution in [1.29, 1.82) is 0 Å². The van der Waals surface area contributed by atoms with Crippen LogP contribution >= 0.6 is 0 Å². The normalized spacial score (nSPS) is 12.9. The standard InChI is InChI=1S/C22H21F3N4O4S/c1-13-11-19(30)20(27-29(13)18-10-5-4-9-17(18)22(23,24)25)21(31)28(3)14(2)15-7-6-8-16(12-15)34(26,32)33/h4-12,14H,1-3H3,(H2,26,32,33). The first-order chi connectivity index (χ1) is 15.7. The number of carbonyl (C=O) groups is 1. The minimum Gasteiger partial charge on any atom is -0.333 e. The summed E-state index contributed by atoms with van der Waals surface area (Å²) in [6, 6.07) is 10.6. The number of aromatic nitrogens is 2. The molecule has 3 rings (SSSR count). The van der Waals surface area contributed by atoms with Gasteiger partial charge in [0.2, 0.25) is 15.5 Å². The van der Waals surface area contributed by atoms with E-state index in [1.807, 2.05) is 0 Å². The molecule has 0 radical (unpaired) electrons. The summed E-state index contributed by atoms with van der Waals surface area (Å²) >= 11 is 0. The third kappa shape index (κ3) is 5.02. The quantitative estimate of drug-likeness (QED) is 0.586. The predicted molar refractivity (Wildman–Crippen MR) is 118 cm³/mol. The molecule has 0 aliphatic rings. The van der Waals surface area contributed by atoms with Crippen LogP contribution in [0.4, 0.5) is 13.2 Å². The Kier molecular flexibility index (Phi) is 6.67. The molecule has 34 heavy (non-hydrogen) atoms. The van der Waals surface area contributed by atoms with E-state index < -0.39 is 44.8 Å². The highest BCUT2D eigenvalue weighted by atomic mass is 32.2. The molecule has 1 heterocycles. The molecule has 0 spiro atoms. The number of alkyl halides is 3. The summed E-state index contributed by atoms with van der Waals surface area (Å²) in [4.78, 5) is 26.7. The molecule has 180 valence electrons. The Bertz CT molecular complexity index is 1420. The largest absolute Gasteiger partial charge is 0.418 e. The second-order valence-corrected chi connectivity index (χ2v) is 9.20. The van der Waals surface area contributed by atoms with Crippen LogP contribution in [0.1, 0.15) is 40.3 Å². The number of para-hydroxylation sites is 1. The third-order valence-corrected chi connectivity index (χ3v) is 6.23. The molecule has 12 heteroatoms. The molecule has 0 saturated heterocycles. The van der Waals surface area contributed by atoms with Gasteiger partial charge in [0, 0.05) is 18.8 Å². The first kappa shape index (κ1) is 25.1. The van der Waals surface area contributed by atoms with Crippen LogP contribution in [0, 0.1) is 6.92 Å². The van der Waals surface area contributed by atoms with E-state index in [2.05, 4.69) is 5.10 Å². The van der Waals surface area contributed by atoms with Crippen molar-refractivity contribution in [3.63, 3.8) is 0 Å². The second kappa shape index (κ2) is 9.03. The number of hydrogen-bond donors (Lipinski definition) is 1. The molecule has 3 aromatic rings. The molecule has 0 aliphatic carbocycles. The van der Waals surface area contributed by atoms with E-state index in [0.29, 0.717) is 5.56 Å². The molecule has 8 nitrogen and oxygen atoms in total. The van der Waals surface area contributed by atoms with Gasteiger partial charge in [-0.25, -0.2) is 18.2 Å². The summed E-state index contributed by atoms with van der Waals surface area (Å²) < 4.78 is 64.7. The van der Waals surface area contributed by atoms with Gasteiger partial charge in [0.05, 0.1) is 22.2 Å². The summed E-state index contributed by atoms with van der Waals surface area (Å²) in [5.74, 6) is -0.850. The Morgan fingerprint density at radius 3 is 2.38 bits per heavy atom. The van der Waals surface area contributed by atoms with Crippen LogP contribution in [0.2, 0.25) is 0 Å². The van der Waals surface area contributed by atoms with Crippen molar-refractivity contribution in [1.82, 2.24) is 14.7 Å². The van der Waals surface area contributed by atoms with Gasteiger partial charge in [0.1, 0.15) is 0 Å². The van der Waals surface area contributed by atoms with Crippen molar-refractivity contribution in [2.75, 3.05) is 7.05 Å². The molecular formula is C22H21F3N4O4S. The minimum atomic E-state index is -4.68. The van der Waals surface area contributed by atoms with Gasteiger partial charge in [0.15, 0.2) is 5.69 Å². The maximum absolute atomic E-state index is 13.5. The van der Waals surface area contributed by atoms with Crippen LogP contribution in [-0.4, -0.2) is 36.1 Å². The van der Waals surface area contributed by atoms with E-state index in [-0.39, 0.29) is 16.3 Å². The van der Waals surface area contributed by atoms with Crippen LogP contribution in [-0.2, 0) is 16.2 Å². The van der Waals surface area contributed by atoms with Crippen LogP contribution < -0.4 is 10.6 Å². The molecule has 2 aromatic carbocycles. The first-order valence-electron chi connectivity index (χ1n) is 9.89. The maximum Gasteiger partial charge on any atom is 0.418 e. The van der Waals surface area contributed by atoms with Gasteiger partial charge < -0.3 is 4.90 Å². The van der Waals surface area contributed by atoms with Gasteiger partial charge >= 0.3 is 6.18 Å². The minimum absolute atomic E-state index is 0.106. The number of nitrogens with zero attached hydrogens (tertiary/aromatic N) is 3. The molecule has 0 bridgehead atoms. The van der Waals surface area contributed by atoms with E-state index in [0.717, 1.165) is 21.7 Å². The number of halogens is 3. The van der Waals surface area contributed by atoms with Crippen molar-refractivity contribution < 1.29 is 26.4 Å². The smallest absolute Gasteiger partial charge is 0.333 e. The molecular weight excluding hydrogens is 473 g/mol. The summed E-state index contributed by atoms with van der Waals surface area (Å²) in [5, 5.41) is 9.13. The average molecular weight is 494 g/mol. The van der Waals surface area contributed by atoms with E-state index >= 15 is 0 Å². The van der Waals surface area contributed by atoms with Gasteiger partial charge in [0.25, 0.3) is 5.91 Å². The number of rotatable bonds is 5. The molecule has 1 amide bonds. The molecule has 0 saturated carbocycles.